The second-order valence-electron chi connectivity index (χ2n) is 5.58. The van der Waals surface area contributed by atoms with Crippen LogP contribution in [0.4, 0.5) is 5.69 Å². The number of hydrogen-bond acceptors (Lipinski definition) is 8. The Labute approximate surface area is 166 Å². The maximum atomic E-state index is 12.4. The van der Waals surface area contributed by atoms with E-state index in [1.807, 2.05) is 0 Å². The number of nitrogens with one attached hydrogen (secondary N) is 1. The molecular formula is C20H19NO8. The number of methoxy groups -OCH3 is 3. The molecule has 0 spiro atoms. The van der Waals surface area contributed by atoms with Crippen molar-refractivity contribution in [1.82, 2.24) is 0 Å². The number of anilines is 1. The lowest BCUT2D eigenvalue weighted by atomic mass is 10.1. The Morgan fingerprint density at radius 3 is 2.17 bits per heavy atom. The highest BCUT2D eigenvalue weighted by atomic mass is 16.5. The summed E-state index contributed by atoms with van der Waals surface area (Å²) in [5.41, 5.74) is 0.609. The van der Waals surface area contributed by atoms with Crippen LogP contribution in [0.15, 0.2) is 36.4 Å². The van der Waals surface area contributed by atoms with Gasteiger partial charge in [-0.05, 0) is 36.4 Å². The molecule has 0 saturated heterocycles. The van der Waals surface area contributed by atoms with E-state index in [4.69, 9.17) is 14.2 Å². The second-order valence-corrected chi connectivity index (χ2v) is 5.58. The lowest BCUT2D eigenvalue weighted by Crippen LogP contribution is -2.22. The van der Waals surface area contributed by atoms with Gasteiger partial charge in [-0.15, -0.1) is 0 Å². The first kappa shape index (κ1) is 21.4. The van der Waals surface area contributed by atoms with Crippen molar-refractivity contribution in [2.24, 2.45) is 0 Å². The van der Waals surface area contributed by atoms with Crippen molar-refractivity contribution in [3.8, 4) is 11.5 Å². The zero-order valence-electron chi connectivity index (χ0n) is 16.0. The van der Waals surface area contributed by atoms with Crippen LogP contribution in [-0.4, -0.2) is 52.1 Å². The van der Waals surface area contributed by atoms with E-state index in [9.17, 15) is 19.2 Å². The number of carbonyl (C=O) groups excluding carboxylic acids is 4. The maximum absolute atomic E-state index is 12.4. The lowest BCUT2D eigenvalue weighted by molar-refractivity contribution is -0.119. The first-order chi connectivity index (χ1) is 13.9. The van der Waals surface area contributed by atoms with Crippen LogP contribution in [-0.2, 0) is 14.3 Å². The molecule has 2 aromatic carbocycles. The van der Waals surface area contributed by atoms with Gasteiger partial charge in [-0.25, -0.2) is 9.59 Å². The van der Waals surface area contributed by atoms with Gasteiger partial charge in [-0.3, -0.25) is 9.59 Å². The molecule has 9 nitrogen and oxygen atoms in total. The van der Waals surface area contributed by atoms with Crippen molar-refractivity contribution in [2.75, 3.05) is 33.3 Å². The van der Waals surface area contributed by atoms with Crippen LogP contribution in [0.2, 0.25) is 0 Å². The van der Waals surface area contributed by atoms with Crippen LogP contribution in [0.5, 0.6) is 11.5 Å². The van der Waals surface area contributed by atoms with Crippen molar-refractivity contribution < 1.29 is 38.1 Å². The number of ether oxygens (including phenoxy) is 4. The first-order valence-corrected chi connectivity index (χ1v) is 8.30. The average molecular weight is 401 g/mol. The van der Waals surface area contributed by atoms with Gasteiger partial charge in [0, 0.05) is 11.3 Å². The topological polar surface area (TPSA) is 117 Å². The molecule has 0 unspecified atom stereocenters. The Morgan fingerprint density at radius 2 is 1.62 bits per heavy atom. The normalized spacial score (nSPS) is 9.90. The molecule has 0 saturated carbocycles. The van der Waals surface area contributed by atoms with E-state index in [-0.39, 0.29) is 22.6 Å². The van der Waals surface area contributed by atoms with Gasteiger partial charge in [0.1, 0.15) is 5.56 Å². The van der Waals surface area contributed by atoms with Crippen molar-refractivity contribution >= 4 is 29.8 Å². The van der Waals surface area contributed by atoms with Gasteiger partial charge in [-0.1, -0.05) is 0 Å². The number of esters is 2. The van der Waals surface area contributed by atoms with E-state index in [0.29, 0.717) is 17.5 Å². The van der Waals surface area contributed by atoms with E-state index in [0.717, 1.165) is 0 Å². The molecule has 1 N–H and O–H groups in total. The van der Waals surface area contributed by atoms with Gasteiger partial charge in [0.15, 0.2) is 24.4 Å². The molecule has 2 rings (SSSR count). The molecule has 0 radical (unpaired) electrons. The Balaban J connectivity index is 2.06. The minimum atomic E-state index is -0.918. The van der Waals surface area contributed by atoms with Crippen LogP contribution in [0.1, 0.15) is 31.1 Å². The standard InChI is InChI=1S/C20H19NO8/c1-26-15-9-6-13(10-22)17(18(15)27-2)20(25)29-11-16(23)21-14-7-4-12(5-8-14)19(24)28-3/h4-10H,11H2,1-3H3,(H,21,23). The third-order valence-corrected chi connectivity index (χ3v) is 3.83. The zero-order valence-corrected chi connectivity index (χ0v) is 16.0. The quantitative estimate of drug-likeness (QED) is 0.528. The van der Waals surface area contributed by atoms with E-state index in [1.165, 1.54) is 57.7 Å². The summed E-state index contributed by atoms with van der Waals surface area (Å²) in [6, 6.07) is 8.82. The Morgan fingerprint density at radius 1 is 0.931 bits per heavy atom. The summed E-state index contributed by atoms with van der Waals surface area (Å²) in [6.07, 6.45) is 0.474. The minimum Gasteiger partial charge on any atom is -0.493 e. The van der Waals surface area contributed by atoms with Crippen molar-refractivity contribution in [3.63, 3.8) is 0 Å². The average Bonchev–Trinajstić information content (AvgIpc) is 2.76. The Bertz CT molecular complexity index is 921. The van der Waals surface area contributed by atoms with E-state index >= 15 is 0 Å². The third kappa shape index (κ3) is 5.10. The Hall–Kier alpha value is -3.88. The molecular weight excluding hydrogens is 382 g/mol. The van der Waals surface area contributed by atoms with Gasteiger partial charge in [0.05, 0.1) is 26.9 Å². The summed E-state index contributed by atoms with van der Waals surface area (Å²) in [6.45, 7) is -0.601. The summed E-state index contributed by atoms with van der Waals surface area (Å²) in [5, 5.41) is 2.52. The predicted octanol–water partition coefficient (Wildman–Crippen LogP) is 2.10. The van der Waals surface area contributed by atoms with Gasteiger partial charge >= 0.3 is 11.9 Å². The minimum absolute atomic E-state index is 0.0286. The molecule has 0 aromatic heterocycles. The SMILES string of the molecule is COC(=O)c1ccc(NC(=O)COC(=O)c2c(C=O)ccc(OC)c2OC)cc1. The molecule has 0 fully saturated rings. The monoisotopic (exact) mass is 401 g/mol. The number of amides is 1. The molecule has 2 aromatic rings. The number of hydrogen-bond donors (Lipinski definition) is 1. The summed E-state index contributed by atoms with van der Waals surface area (Å²) in [5.74, 6) is -1.77. The number of benzene rings is 2. The highest BCUT2D eigenvalue weighted by molar-refractivity contribution is 6.03. The maximum Gasteiger partial charge on any atom is 0.343 e. The van der Waals surface area contributed by atoms with E-state index in [2.05, 4.69) is 10.1 Å². The zero-order chi connectivity index (χ0) is 21.4. The summed E-state index contributed by atoms with van der Waals surface area (Å²) in [7, 11) is 3.96. The van der Waals surface area contributed by atoms with Gasteiger partial charge in [0.2, 0.25) is 0 Å². The van der Waals surface area contributed by atoms with Crippen molar-refractivity contribution in [2.45, 2.75) is 0 Å². The predicted molar refractivity (Wildman–Crippen MR) is 102 cm³/mol. The first-order valence-electron chi connectivity index (χ1n) is 8.30. The van der Waals surface area contributed by atoms with E-state index in [1.54, 1.807) is 0 Å². The molecule has 29 heavy (non-hydrogen) atoms. The smallest absolute Gasteiger partial charge is 0.343 e. The molecule has 1 amide bonds. The van der Waals surface area contributed by atoms with Crippen LogP contribution in [0, 0.1) is 0 Å². The van der Waals surface area contributed by atoms with Gasteiger partial charge < -0.3 is 24.3 Å². The van der Waals surface area contributed by atoms with Crippen LogP contribution < -0.4 is 14.8 Å². The molecule has 0 aliphatic carbocycles. The fourth-order valence-electron chi connectivity index (χ4n) is 2.46. The van der Waals surface area contributed by atoms with Crippen molar-refractivity contribution in [3.05, 3.63) is 53.1 Å². The number of aldehydes is 1. The van der Waals surface area contributed by atoms with Crippen molar-refractivity contribution in [1.29, 1.82) is 0 Å². The number of rotatable bonds is 8. The fourth-order valence-corrected chi connectivity index (χ4v) is 2.46. The second kappa shape index (κ2) is 9.88. The Kier molecular flexibility index (Phi) is 7.30. The largest absolute Gasteiger partial charge is 0.493 e. The highest BCUT2D eigenvalue weighted by Crippen LogP contribution is 2.33. The fraction of sp³-hybridized carbons (Fsp3) is 0.200. The molecule has 0 aliphatic rings. The highest BCUT2D eigenvalue weighted by Gasteiger charge is 2.23. The molecule has 0 bridgehead atoms. The number of carbonyl (C=O) groups is 4. The van der Waals surface area contributed by atoms with Crippen LogP contribution in [0.25, 0.3) is 0 Å². The third-order valence-electron chi connectivity index (χ3n) is 3.83. The van der Waals surface area contributed by atoms with Crippen LogP contribution >= 0.6 is 0 Å². The van der Waals surface area contributed by atoms with Gasteiger partial charge in [-0.2, -0.15) is 0 Å². The van der Waals surface area contributed by atoms with Crippen LogP contribution in [0.3, 0.4) is 0 Å². The molecule has 152 valence electrons. The molecule has 0 atom stereocenters. The lowest BCUT2D eigenvalue weighted by Gasteiger charge is -2.14. The molecule has 9 heteroatoms. The summed E-state index contributed by atoms with van der Waals surface area (Å²) in [4.78, 5) is 47.1. The summed E-state index contributed by atoms with van der Waals surface area (Å²) >= 11 is 0. The van der Waals surface area contributed by atoms with E-state index < -0.39 is 24.5 Å². The van der Waals surface area contributed by atoms with Gasteiger partial charge in [0.25, 0.3) is 5.91 Å². The summed E-state index contributed by atoms with van der Waals surface area (Å²) < 4.78 is 19.9. The molecule has 0 aliphatic heterocycles. The molecule has 0 heterocycles.